The zero-order valence-corrected chi connectivity index (χ0v) is 13.3. The number of aliphatic hydroxyl groups excluding tert-OH is 1. The van der Waals surface area contributed by atoms with Crippen molar-refractivity contribution >= 4 is 32.8 Å². The van der Waals surface area contributed by atoms with Gasteiger partial charge in [-0.05, 0) is 30.3 Å². The van der Waals surface area contributed by atoms with Crippen LogP contribution in [0.4, 0.5) is 4.39 Å². The van der Waals surface area contributed by atoms with Crippen LogP contribution in [0.25, 0.3) is 22.7 Å². The Morgan fingerprint density at radius 2 is 2.00 bits per heavy atom. The Bertz CT molecular complexity index is 1140. The van der Waals surface area contributed by atoms with Gasteiger partial charge in [0.1, 0.15) is 17.1 Å². The summed E-state index contributed by atoms with van der Waals surface area (Å²) >= 11 is 0. The Labute approximate surface area is 141 Å². The van der Waals surface area contributed by atoms with E-state index in [2.05, 4.69) is 4.98 Å². The van der Waals surface area contributed by atoms with Crippen LogP contribution in [0.15, 0.2) is 45.7 Å². The topological polar surface area (TPSA) is 116 Å². The second-order valence-corrected chi connectivity index (χ2v) is 7.01. The Kier molecular flexibility index (Phi) is 3.39. The molecule has 0 bridgehead atoms. The number of aliphatic hydroxyl groups is 1. The third-order valence-corrected chi connectivity index (χ3v) is 4.64. The molecule has 128 valence electrons. The van der Waals surface area contributed by atoms with Crippen molar-refractivity contribution in [2.45, 2.75) is 11.2 Å². The van der Waals surface area contributed by atoms with Gasteiger partial charge in [0.05, 0.1) is 10.5 Å². The molecule has 0 aliphatic carbocycles. The number of benzene rings is 2. The number of halogens is 1. The van der Waals surface area contributed by atoms with Crippen LogP contribution in [0.2, 0.25) is 0 Å². The maximum atomic E-state index is 13.2. The molecule has 7 nitrogen and oxygen atoms in total. The molecule has 0 saturated carbocycles. The minimum absolute atomic E-state index is 0.0593. The highest BCUT2D eigenvalue weighted by atomic mass is 32.2. The molecule has 0 radical (unpaired) electrons. The largest absolute Gasteiger partial charge is 0.460 e. The van der Waals surface area contributed by atoms with E-state index in [0.717, 1.165) is 6.07 Å². The quantitative estimate of drug-likeness (QED) is 0.719. The summed E-state index contributed by atoms with van der Waals surface area (Å²) in [6.07, 6.45) is 0.161. The zero-order valence-electron chi connectivity index (χ0n) is 12.5. The van der Waals surface area contributed by atoms with Gasteiger partial charge < -0.3 is 14.3 Å². The zero-order chi connectivity index (χ0) is 17.8. The molecule has 0 fully saturated rings. The molecule has 1 aromatic heterocycles. The summed E-state index contributed by atoms with van der Waals surface area (Å²) in [6.45, 7) is 0. The lowest BCUT2D eigenvalue weighted by atomic mass is 10.1. The number of hydrogen-bond donors (Lipinski definition) is 2. The van der Waals surface area contributed by atoms with E-state index in [1.165, 1.54) is 30.3 Å². The number of fused-ring (bicyclic) bond motifs is 2. The maximum Gasteiger partial charge on any atom is 0.238 e. The predicted molar refractivity (Wildman–Crippen MR) is 86.3 cm³/mol. The van der Waals surface area contributed by atoms with Crippen molar-refractivity contribution in [3.63, 3.8) is 0 Å². The minimum atomic E-state index is -3.88. The lowest BCUT2D eigenvalue weighted by molar-refractivity contribution is 0.0303. The van der Waals surface area contributed by atoms with Crippen LogP contribution in [0, 0.1) is 5.82 Å². The van der Waals surface area contributed by atoms with Gasteiger partial charge in [-0.3, -0.25) is 0 Å². The number of hydrogen-bond acceptors (Lipinski definition) is 6. The average Bonchev–Trinajstić information content (AvgIpc) is 2.96. The van der Waals surface area contributed by atoms with Gasteiger partial charge in [-0.2, -0.15) is 0 Å². The van der Waals surface area contributed by atoms with Crippen LogP contribution in [0.1, 0.15) is 11.5 Å². The van der Waals surface area contributed by atoms with Crippen LogP contribution < -0.4 is 9.88 Å². The molecule has 4 rings (SSSR count). The molecule has 2 heterocycles. The summed E-state index contributed by atoms with van der Waals surface area (Å²) in [5.41, 5.74) is 1.36. The molecule has 1 aliphatic rings. The molecular formula is C16H11FN2O5S. The lowest BCUT2D eigenvalue weighted by Gasteiger charge is -2.21. The van der Waals surface area contributed by atoms with Crippen molar-refractivity contribution < 1.29 is 27.1 Å². The molecule has 2 aromatic carbocycles. The number of rotatable bonds is 2. The molecule has 1 unspecified atom stereocenters. The summed E-state index contributed by atoms with van der Waals surface area (Å²) in [7, 11) is -3.88. The monoisotopic (exact) mass is 362 g/mol. The van der Waals surface area contributed by atoms with E-state index >= 15 is 0 Å². The molecule has 0 amide bonds. The predicted octanol–water partition coefficient (Wildman–Crippen LogP) is 1.87. The third kappa shape index (κ3) is 2.78. The highest BCUT2D eigenvalue weighted by Crippen LogP contribution is 2.35. The van der Waals surface area contributed by atoms with Crippen LogP contribution >= 0.6 is 0 Å². The van der Waals surface area contributed by atoms with Gasteiger partial charge in [0, 0.05) is 17.7 Å². The molecule has 25 heavy (non-hydrogen) atoms. The number of oxazole rings is 1. The Balaban J connectivity index is 1.82. The number of aromatic nitrogens is 1. The van der Waals surface area contributed by atoms with Gasteiger partial charge in [0.2, 0.25) is 22.2 Å². The molecule has 3 aromatic rings. The van der Waals surface area contributed by atoms with Crippen molar-refractivity contribution in [1.82, 2.24) is 4.98 Å². The SMILES string of the molecule is NS(=O)(=O)c1ccc2nc(C3=Cc4ccc(F)cc4OC3O)oc2c1. The van der Waals surface area contributed by atoms with E-state index in [1.54, 1.807) is 6.08 Å². The van der Waals surface area contributed by atoms with Crippen LogP contribution in [0.5, 0.6) is 5.75 Å². The summed E-state index contributed by atoms with van der Waals surface area (Å²) < 4.78 is 46.9. The van der Waals surface area contributed by atoms with Gasteiger partial charge in [-0.15, -0.1) is 0 Å². The van der Waals surface area contributed by atoms with Crippen LogP contribution in [0.3, 0.4) is 0 Å². The van der Waals surface area contributed by atoms with E-state index in [9.17, 15) is 17.9 Å². The molecular weight excluding hydrogens is 351 g/mol. The number of primary sulfonamides is 1. The second-order valence-electron chi connectivity index (χ2n) is 5.45. The molecule has 3 N–H and O–H groups in total. The van der Waals surface area contributed by atoms with Crippen molar-refractivity contribution in [2.75, 3.05) is 0 Å². The average molecular weight is 362 g/mol. The first kappa shape index (κ1) is 15.8. The van der Waals surface area contributed by atoms with Crippen LogP contribution in [-0.2, 0) is 10.0 Å². The number of ether oxygens (including phenoxy) is 1. The summed E-state index contributed by atoms with van der Waals surface area (Å²) in [5.74, 6) is -0.229. The highest BCUT2D eigenvalue weighted by molar-refractivity contribution is 7.89. The van der Waals surface area contributed by atoms with Crippen LogP contribution in [-0.4, -0.2) is 24.8 Å². The summed E-state index contributed by atoms with van der Waals surface area (Å²) in [6, 6.07) is 7.93. The second kappa shape index (κ2) is 5.38. The molecule has 9 heteroatoms. The fourth-order valence-corrected chi connectivity index (χ4v) is 3.05. The summed E-state index contributed by atoms with van der Waals surface area (Å²) in [4.78, 5) is 4.10. The molecule has 1 aliphatic heterocycles. The Morgan fingerprint density at radius 1 is 1.20 bits per heavy atom. The Morgan fingerprint density at radius 3 is 2.76 bits per heavy atom. The molecule has 0 saturated heterocycles. The summed E-state index contributed by atoms with van der Waals surface area (Å²) in [5, 5.41) is 15.2. The Hall–Kier alpha value is -2.75. The number of nitrogens with two attached hydrogens (primary N) is 1. The fraction of sp³-hybridized carbons (Fsp3) is 0.0625. The first-order valence-corrected chi connectivity index (χ1v) is 8.65. The van der Waals surface area contributed by atoms with Crippen molar-refractivity contribution in [1.29, 1.82) is 0 Å². The van der Waals surface area contributed by atoms with Crippen molar-refractivity contribution in [3.05, 3.63) is 53.7 Å². The number of nitrogens with zero attached hydrogens (tertiary/aromatic N) is 1. The third-order valence-electron chi connectivity index (χ3n) is 3.73. The van der Waals surface area contributed by atoms with Gasteiger partial charge in [0.25, 0.3) is 0 Å². The van der Waals surface area contributed by atoms with Crippen molar-refractivity contribution in [3.8, 4) is 5.75 Å². The van der Waals surface area contributed by atoms with E-state index < -0.39 is 22.1 Å². The van der Waals surface area contributed by atoms with Gasteiger partial charge >= 0.3 is 0 Å². The smallest absolute Gasteiger partial charge is 0.238 e. The maximum absolute atomic E-state index is 13.2. The molecule has 1 atom stereocenters. The van der Waals surface area contributed by atoms with Gasteiger partial charge in [-0.1, -0.05) is 0 Å². The molecule has 0 spiro atoms. The highest BCUT2D eigenvalue weighted by Gasteiger charge is 2.26. The number of sulfonamides is 1. The standard InChI is InChI=1S/C16H11FN2O5S/c17-9-2-1-8-5-11(16(20)24-13(8)6-9)15-19-12-4-3-10(25(18,21)22)7-14(12)23-15/h1-7,16,20H,(H2,18,21,22). The first-order valence-electron chi connectivity index (χ1n) is 7.11. The van der Waals surface area contributed by atoms with E-state index in [0.29, 0.717) is 11.1 Å². The van der Waals surface area contributed by atoms with E-state index in [4.69, 9.17) is 14.3 Å². The van der Waals surface area contributed by atoms with Gasteiger partial charge in [-0.25, -0.2) is 22.9 Å². The van der Waals surface area contributed by atoms with Gasteiger partial charge in [0.15, 0.2) is 5.58 Å². The van der Waals surface area contributed by atoms with Crippen molar-refractivity contribution in [2.24, 2.45) is 5.14 Å². The van der Waals surface area contributed by atoms with E-state index in [-0.39, 0.29) is 27.7 Å². The fourth-order valence-electron chi connectivity index (χ4n) is 2.52. The first-order chi connectivity index (χ1) is 11.8. The van der Waals surface area contributed by atoms with E-state index in [1.807, 2.05) is 0 Å². The lowest BCUT2D eigenvalue weighted by Crippen LogP contribution is -2.21. The minimum Gasteiger partial charge on any atom is -0.460 e. The normalized spacial score (nSPS) is 17.1.